The van der Waals surface area contributed by atoms with Gasteiger partial charge in [0.1, 0.15) is 17.3 Å². The Hall–Kier alpha value is -0.480. The Morgan fingerprint density at radius 1 is 1.47 bits per heavy atom. The summed E-state index contributed by atoms with van der Waals surface area (Å²) in [5.41, 5.74) is 1.06. The highest BCUT2D eigenvalue weighted by atomic mass is 35.5. The second kappa shape index (κ2) is 7.07. The van der Waals surface area contributed by atoms with E-state index in [1.807, 2.05) is 11.8 Å². The van der Waals surface area contributed by atoms with Crippen LogP contribution >= 0.6 is 23.4 Å². The van der Waals surface area contributed by atoms with E-state index in [2.05, 4.69) is 42.0 Å². The molecule has 0 aliphatic rings. The first-order chi connectivity index (χ1) is 8.11. The molecule has 3 nitrogen and oxygen atoms in total. The molecule has 1 unspecified atom stereocenters. The Bertz CT molecular complexity index is 360. The monoisotopic (exact) mass is 273 g/mol. The van der Waals surface area contributed by atoms with Gasteiger partial charge < -0.3 is 4.90 Å². The minimum atomic E-state index is 0.437. The molecular weight excluding hydrogens is 254 g/mol. The molecule has 1 atom stereocenters. The second-order valence-electron chi connectivity index (χ2n) is 4.13. The second-order valence-corrected chi connectivity index (χ2v) is 5.40. The van der Waals surface area contributed by atoms with Gasteiger partial charge in [0.25, 0.3) is 0 Å². The predicted molar refractivity (Wildman–Crippen MR) is 77.3 cm³/mol. The van der Waals surface area contributed by atoms with Crippen LogP contribution in [0.15, 0.2) is 6.33 Å². The number of halogens is 1. The Kier molecular flexibility index (Phi) is 6.06. The van der Waals surface area contributed by atoms with E-state index in [1.165, 1.54) is 0 Å². The molecule has 96 valence electrons. The van der Waals surface area contributed by atoms with Crippen LogP contribution in [0.1, 0.15) is 25.8 Å². The van der Waals surface area contributed by atoms with E-state index in [0.29, 0.717) is 11.2 Å². The van der Waals surface area contributed by atoms with Gasteiger partial charge in [0.2, 0.25) is 0 Å². The first kappa shape index (κ1) is 14.6. The van der Waals surface area contributed by atoms with Crippen molar-refractivity contribution >= 4 is 29.2 Å². The predicted octanol–water partition coefficient (Wildman–Crippen LogP) is 3.27. The fourth-order valence-corrected chi connectivity index (χ4v) is 2.64. The maximum Gasteiger partial charge on any atom is 0.137 e. The van der Waals surface area contributed by atoms with Gasteiger partial charge in [-0.25, -0.2) is 9.97 Å². The third-order valence-corrected chi connectivity index (χ3v) is 3.91. The smallest absolute Gasteiger partial charge is 0.137 e. The van der Waals surface area contributed by atoms with Gasteiger partial charge >= 0.3 is 0 Å². The van der Waals surface area contributed by atoms with Crippen LogP contribution in [0.3, 0.4) is 0 Å². The summed E-state index contributed by atoms with van der Waals surface area (Å²) < 4.78 is 0. The van der Waals surface area contributed by atoms with Crippen molar-refractivity contribution in [3.8, 4) is 0 Å². The average molecular weight is 274 g/mol. The zero-order chi connectivity index (χ0) is 12.8. The summed E-state index contributed by atoms with van der Waals surface area (Å²) in [4.78, 5) is 10.6. The lowest BCUT2D eigenvalue weighted by atomic mass is 10.1. The molecule has 0 aliphatic carbocycles. The van der Waals surface area contributed by atoms with Crippen LogP contribution in [-0.2, 0) is 6.42 Å². The van der Waals surface area contributed by atoms with Crippen LogP contribution in [0.4, 0.5) is 5.82 Å². The molecular formula is C12H20ClN3S. The maximum atomic E-state index is 6.15. The van der Waals surface area contributed by atoms with E-state index < -0.39 is 0 Å². The minimum Gasteiger partial charge on any atom is -0.356 e. The molecule has 0 N–H and O–H groups in total. The van der Waals surface area contributed by atoms with Gasteiger partial charge in [0.15, 0.2) is 0 Å². The topological polar surface area (TPSA) is 29.0 Å². The number of anilines is 1. The molecule has 5 heteroatoms. The van der Waals surface area contributed by atoms with Crippen LogP contribution in [0.5, 0.6) is 0 Å². The summed E-state index contributed by atoms with van der Waals surface area (Å²) in [5, 5.41) is 0.583. The fourth-order valence-electron chi connectivity index (χ4n) is 1.71. The van der Waals surface area contributed by atoms with Crippen molar-refractivity contribution in [2.75, 3.05) is 24.0 Å². The number of hydrogen-bond acceptors (Lipinski definition) is 4. The molecule has 1 aromatic heterocycles. The van der Waals surface area contributed by atoms with Gasteiger partial charge in [-0.3, -0.25) is 0 Å². The zero-order valence-electron chi connectivity index (χ0n) is 10.9. The van der Waals surface area contributed by atoms with Gasteiger partial charge in [-0.15, -0.1) is 0 Å². The van der Waals surface area contributed by atoms with E-state index in [-0.39, 0.29) is 0 Å². The van der Waals surface area contributed by atoms with E-state index >= 15 is 0 Å². The lowest BCUT2D eigenvalue weighted by Crippen LogP contribution is -2.32. The first-order valence-electron chi connectivity index (χ1n) is 5.82. The van der Waals surface area contributed by atoms with Crippen LogP contribution in [0.2, 0.25) is 5.15 Å². The molecule has 1 rings (SSSR count). The standard InChI is InChI=1S/C12H20ClN3S/c1-5-6-10-11(13)14-8-15-12(10)16(3)9(2)7-17-4/h8-9H,5-7H2,1-4H3. The normalized spacial score (nSPS) is 12.5. The van der Waals surface area contributed by atoms with Crippen molar-refractivity contribution in [1.29, 1.82) is 0 Å². The van der Waals surface area contributed by atoms with E-state index in [9.17, 15) is 0 Å². The summed E-state index contributed by atoms with van der Waals surface area (Å²) in [5.74, 6) is 2.04. The van der Waals surface area contributed by atoms with Crippen LogP contribution in [0.25, 0.3) is 0 Å². The van der Waals surface area contributed by atoms with Gasteiger partial charge in [-0.1, -0.05) is 24.9 Å². The SMILES string of the molecule is CCCc1c(Cl)ncnc1N(C)C(C)CSC. The first-order valence-corrected chi connectivity index (χ1v) is 7.60. The molecule has 0 fully saturated rings. The van der Waals surface area contributed by atoms with E-state index in [1.54, 1.807) is 6.33 Å². The molecule has 1 aromatic rings. The Morgan fingerprint density at radius 2 is 2.18 bits per heavy atom. The van der Waals surface area contributed by atoms with Crippen molar-refractivity contribution in [3.63, 3.8) is 0 Å². The Morgan fingerprint density at radius 3 is 2.76 bits per heavy atom. The molecule has 1 heterocycles. The minimum absolute atomic E-state index is 0.437. The third-order valence-electron chi connectivity index (χ3n) is 2.77. The van der Waals surface area contributed by atoms with Crippen LogP contribution in [-0.4, -0.2) is 35.1 Å². The quantitative estimate of drug-likeness (QED) is 0.744. The molecule has 0 amide bonds. The van der Waals surface area contributed by atoms with Gasteiger partial charge in [0, 0.05) is 24.4 Å². The van der Waals surface area contributed by atoms with Crippen molar-refractivity contribution < 1.29 is 0 Å². The van der Waals surface area contributed by atoms with Crippen molar-refractivity contribution in [1.82, 2.24) is 9.97 Å². The maximum absolute atomic E-state index is 6.15. The Labute approximate surface area is 113 Å². The molecule has 0 saturated heterocycles. The Balaban J connectivity index is 2.99. The third kappa shape index (κ3) is 3.75. The lowest BCUT2D eigenvalue weighted by Gasteiger charge is -2.27. The molecule has 0 aliphatic heterocycles. The molecule has 0 bridgehead atoms. The highest BCUT2D eigenvalue weighted by Gasteiger charge is 2.16. The summed E-state index contributed by atoms with van der Waals surface area (Å²) in [7, 11) is 2.07. The summed E-state index contributed by atoms with van der Waals surface area (Å²) >= 11 is 7.99. The number of nitrogens with zero attached hydrogens (tertiary/aromatic N) is 3. The van der Waals surface area contributed by atoms with Crippen molar-refractivity contribution in [2.24, 2.45) is 0 Å². The number of rotatable bonds is 6. The zero-order valence-corrected chi connectivity index (χ0v) is 12.5. The van der Waals surface area contributed by atoms with Crippen molar-refractivity contribution in [3.05, 3.63) is 17.0 Å². The summed E-state index contributed by atoms with van der Waals surface area (Å²) in [6, 6.07) is 0.437. The lowest BCUT2D eigenvalue weighted by molar-refractivity contribution is 0.740. The molecule has 0 radical (unpaired) electrons. The highest BCUT2D eigenvalue weighted by molar-refractivity contribution is 7.98. The summed E-state index contributed by atoms with van der Waals surface area (Å²) in [6.45, 7) is 4.33. The highest BCUT2D eigenvalue weighted by Crippen LogP contribution is 2.25. The van der Waals surface area contributed by atoms with Crippen LogP contribution in [0, 0.1) is 0 Å². The van der Waals surface area contributed by atoms with E-state index in [4.69, 9.17) is 11.6 Å². The van der Waals surface area contributed by atoms with Gasteiger partial charge in [0.05, 0.1) is 0 Å². The molecule has 0 spiro atoms. The fraction of sp³-hybridized carbons (Fsp3) is 0.667. The van der Waals surface area contributed by atoms with Crippen molar-refractivity contribution in [2.45, 2.75) is 32.7 Å². The van der Waals surface area contributed by atoms with Gasteiger partial charge in [-0.05, 0) is 19.6 Å². The molecule has 0 saturated carbocycles. The van der Waals surface area contributed by atoms with Gasteiger partial charge in [-0.2, -0.15) is 11.8 Å². The molecule has 17 heavy (non-hydrogen) atoms. The number of thioether (sulfide) groups is 1. The number of aromatic nitrogens is 2. The summed E-state index contributed by atoms with van der Waals surface area (Å²) in [6.07, 6.45) is 5.62. The average Bonchev–Trinajstić information content (AvgIpc) is 2.31. The van der Waals surface area contributed by atoms with Crippen LogP contribution < -0.4 is 4.90 Å². The number of hydrogen-bond donors (Lipinski definition) is 0. The molecule has 0 aromatic carbocycles. The largest absolute Gasteiger partial charge is 0.356 e. The van der Waals surface area contributed by atoms with E-state index in [0.717, 1.165) is 30.0 Å².